The fourth-order valence-corrected chi connectivity index (χ4v) is 2.91. The molecule has 98 valence electrons. The zero-order valence-electron chi connectivity index (χ0n) is 10.4. The van der Waals surface area contributed by atoms with Gasteiger partial charge >= 0.3 is 0 Å². The summed E-state index contributed by atoms with van der Waals surface area (Å²) in [7, 11) is 0. The molecular weight excluding hydrogens is 307 g/mol. The molecule has 2 aromatic rings. The van der Waals surface area contributed by atoms with Crippen LogP contribution in [0.25, 0.3) is 0 Å². The van der Waals surface area contributed by atoms with Crippen molar-refractivity contribution >= 4 is 27.3 Å². The molecule has 2 nitrogen and oxygen atoms in total. The van der Waals surface area contributed by atoms with Gasteiger partial charge in [0.2, 0.25) is 0 Å². The van der Waals surface area contributed by atoms with Gasteiger partial charge in [-0.2, -0.15) is 0 Å². The van der Waals surface area contributed by atoms with E-state index in [2.05, 4.69) is 26.9 Å². The fourth-order valence-electron chi connectivity index (χ4n) is 2.58. The first-order chi connectivity index (χ1) is 9.15. The van der Waals surface area contributed by atoms with E-state index in [1.54, 1.807) is 0 Å². The smallest absolute Gasteiger partial charge is 0.129 e. The van der Waals surface area contributed by atoms with Gasteiger partial charge in [-0.3, -0.25) is 0 Å². The standard InChI is InChI=1S/C15H14BrFN2/c16-12-5-4-11(13(17)8-12)9-19-7-6-10-2-1-3-14(18)15(10)19/h1-5,8H,6-7,9,18H2. The number of nitrogens with zero attached hydrogens (tertiary/aromatic N) is 1. The van der Waals surface area contributed by atoms with Crippen molar-refractivity contribution < 1.29 is 4.39 Å². The zero-order valence-corrected chi connectivity index (χ0v) is 12.0. The largest absolute Gasteiger partial charge is 0.397 e. The van der Waals surface area contributed by atoms with E-state index in [9.17, 15) is 4.39 Å². The summed E-state index contributed by atoms with van der Waals surface area (Å²) in [6, 6.07) is 11.1. The molecule has 19 heavy (non-hydrogen) atoms. The Morgan fingerprint density at radius 3 is 2.89 bits per heavy atom. The molecule has 2 aromatic carbocycles. The van der Waals surface area contributed by atoms with Crippen LogP contribution < -0.4 is 10.6 Å². The Kier molecular flexibility index (Phi) is 3.19. The summed E-state index contributed by atoms with van der Waals surface area (Å²) in [5, 5.41) is 0. The maximum atomic E-state index is 13.9. The summed E-state index contributed by atoms with van der Waals surface area (Å²) < 4.78 is 14.7. The van der Waals surface area contributed by atoms with Gasteiger partial charge in [0.15, 0.2) is 0 Å². The molecule has 0 radical (unpaired) electrons. The fraction of sp³-hybridized carbons (Fsp3) is 0.200. The Labute approximate surface area is 120 Å². The van der Waals surface area contributed by atoms with Gasteiger partial charge in [0.1, 0.15) is 5.82 Å². The number of anilines is 2. The Hall–Kier alpha value is -1.55. The lowest BCUT2D eigenvalue weighted by molar-refractivity contribution is 0.605. The molecule has 0 spiro atoms. The molecule has 0 saturated heterocycles. The third-order valence-corrected chi connectivity index (χ3v) is 3.99. The molecule has 0 aliphatic carbocycles. The van der Waals surface area contributed by atoms with Crippen LogP contribution in [-0.4, -0.2) is 6.54 Å². The second-order valence-electron chi connectivity index (χ2n) is 4.76. The molecule has 3 rings (SSSR count). The van der Waals surface area contributed by atoms with Gasteiger partial charge in [-0.1, -0.05) is 34.1 Å². The molecule has 1 heterocycles. The highest BCUT2D eigenvalue weighted by Crippen LogP contribution is 2.34. The Balaban J connectivity index is 1.91. The molecule has 4 heteroatoms. The normalized spacial score (nSPS) is 13.7. The minimum atomic E-state index is -0.183. The average molecular weight is 321 g/mol. The van der Waals surface area contributed by atoms with Crippen molar-refractivity contribution in [2.24, 2.45) is 0 Å². The monoisotopic (exact) mass is 320 g/mol. The third-order valence-electron chi connectivity index (χ3n) is 3.49. The summed E-state index contributed by atoms with van der Waals surface area (Å²) in [4.78, 5) is 2.15. The number of benzene rings is 2. The molecule has 0 saturated carbocycles. The number of hydrogen-bond acceptors (Lipinski definition) is 2. The van der Waals surface area contributed by atoms with Crippen molar-refractivity contribution in [2.45, 2.75) is 13.0 Å². The second-order valence-corrected chi connectivity index (χ2v) is 5.68. The van der Waals surface area contributed by atoms with Gasteiger partial charge in [-0.25, -0.2) is 4.39 Å². The lowest BCUT2D eigenvalue weighted by Gasteiger charge is -2.21. The van der Waals surface area contributed by atoms with Gasteiger partial charge in [0.05, 0.1) is 11.4 Å². The van der Waals surface area contributed by atoms with Crippen LogP contribution in [0.15, 0.2) is 40.9 Å². The summed E-state index contributed by atoms with van der Waals surface area (Å²) in [6.45, 7) is 1.44. The molecule has 0 fully saturated rings. The molecule has 0 unspecified atom stereocenters. The van der Waals surface area contributed by atoms with E-state index >= 15 is 0 Å². The Morgan fingerprint density at radius 2 is 2.11 bits per heavy atom. The molecule has 0 atom stereocenters. The van der Waals surface area contributed by atoms with E-state index in [1.807, 2.05) is 24.3 Å². The quantitative estimate of drug-likeness (QED) is 0.854. The van der Waals surface area contributed by atoms with Crippen LogP contribution in [0, 0.1) is 5.82 Å². The first-order valence-electron chi connectivity index (χ1n) is 6.21. The minimum absolute atomic E-state index is 0.183. The van der Waals surface area contributed by atoms with Crippen LogP contribution in [0.3, 0.4) is 0 Å². The Morgan fingerprint density at radius 1 is 1.26 bits per heavy atom. The topological polar surface area (TPSA) is 29.3 Å². The van der Waals surface area contributed by atoms with E-state index in [-0.39, 0.29) is 5.82 Å². The van der Waals surface area contributed by atoms with Gasteiger partial charge in [-0.05, 0) is 30.2 Å². The van der Waals surface area contributed by atoms with E-state index in [1.165, 1.54) is 11.6 Å². The average Bonchev–Trinajstić information content (AvgIpc) is 2.77. The summed E-state index contributed by atoms with van der Waals surface area (Å²) >= 11 is 3.27. The minimum Gasteiger partial charge on any atom is -0.397 e. The van der Waals surface area contributed by atoms with E-state index < -0.39 is 0 Å². The highest BCUT2D eigenvalue weighted by Gasteiger charge is 2.22. The number of nitrogen functional groups attached to an aromatic ring is 1. The SMILES string of the molecule is Nc1cccc2c1N(Cc1ccc(Br)cc1F)CC2. The van der Waals surface area contributed by atoms with Gasteiger partial charge in [0.25, 0.3) is 0 Å². The highest BCUT2D eigenvalue weighted by molar-refractivity contribution is 9.10. The highest BCUT2D eigenvalue weighted by atomic mass is 79.9. The summed E-state index contributed by atoms with van der Waals surface area (Å²) in [5.41, 5.74) is 9.81. The van der Waals surface area contributed by atoms with Crippen molar-refractivity contribution in [1.29, 1.82) is 0 Å². The summed E-state index contributed by atoms with van der Waals surface area (Å²) in [6.07, 6.45) is 0.971. The predicted molar refractivity (Wildman–Crippen MR) is 79.7 cm³/mol. The molecule has 2 N–H and O–H groups in total. The number of fused-ring (bicyclic) bond motifs is 1. The number of halogens is 2. The lowest BCUT2D eigenvalue weighted by Crippen LogP contribution is -2.21. The van der Waals surface area contributed by atoms with Crippen molar-refractivity contribution in [2.75, 3.05) is 17.2 Å². The first kappa shape index (κ1) is 12.5. The van der Waals surface area contributed by atoms with Gasteiger partial charge in [-0.15, -0.1) is 0 Å². The van der Waals surface area contributed by atoms with E-state index in [0.717, 1.165) is 28.8 Å². The number of para-hydroxylation sites is 1. The summed E-state index contributed by atoms with van der Waals surface area (Å²) in [5.74, 6) is -0.183. The molecule has 1 aliphatic heterocycles. The van der Waals surface area contributed by atoms with Crippen LogP contribution in [0.4, 0.5) is 15.8 Å². The molecular formula is C15H14BrFN2. The molecule has 0 bridgehead atoms. The maximum absolute atomic E-state index is 13.9. The van der Waals surface area contributed by atoms with E-state index in [4.69, 9.17) is 5.73 Å². The van der Waals surface area contributed by atoms with Crippen LogP contribution in [0.5, 0.6) is 0 Å². The van der Waals surface area contributed by atoms with Crippen molar-refractivity contribution in [3.63, 3.8) is 0 Å². The van der Waals surface area contributed by atoms with E-state index in [0.29, 0.717) is 12.1 Å². The van der Waals surface area contributed by atoms with Gasteiger partial charge in [0, 0.05) is 23.1 Å². The molecule has 0 aromatic heterocycles. The maximum Gasteiger partial charge on any atom is 0.129 e. The third kappa shape index (κ3) is 2.32. The number of rotatable bonds is 2. The van der Waals surface area contributed by atoms with Crippen LogP contribution in [0.1, 0.15) is 11.1 Å². The zero-order chi connectivity index (χ0) is 13.4. The van der Waals surface area contributed by atoms with Crippen molar-refractivity contribution in [1.82, 2.24) is 0 Å². The lowest BCUT2D eigenvalue weighted by atomic mass is 10.1. The van der Waals surface area contributed by atoms with Crippen molar-refractivity contribution in [3.05, 3.63) is 57.8 Å². The number of hydrogen-bond donors (Lipinski definition) is 1. The van der Waals surface area contributed by atoms with Crippen molar-refractivity contribution in [3.8, 4) is 0 Å². The van der Waals surface area contributed by atoms with Crippen LogP contribution >= 0.6 is 15.9 Å². The first-order valence-corrected chi connectivity index (χ1v) is 7.00. The predicted octanol–water partition coefficient (Wildman–Crippen LogP) is 3.73. The van der Waals surface area contributed by atoms with Crippen LogP contribution in [0.2, 0.25) is 0 Å². The van der Waals surface area contributed by atoms with Crippen LogP contribution in [-0.2, 0) is 13.0 Å². The molecule has 1 aliphatic rings. The second kappa shape index (κ2) is 4.85. The Bertz CT molecular complexity index is 628. The molecule has 0 amide bonds. The number of nitrogens with two attached hydrogens (primary N) is 1. The van der Waals surface area contributed by atoms with Gasteiger partial charge < -0.3 is 10.6 Å².